The molecule has 0 fully saturated rings. The number of aryl methyl sites for hydroxylation is 1. The SMILES string of the molecule is CC(C)(C)OC(=O)NCc1cn2c(n1)CC(C(=O)O)CC2. The Morgan fingerprint density at radius 1 is 1.52 bits per heavy atom. The third-order valence-electron chi connectivity index (χ3n) is 3.22. The van der Waals surface area contributed by atoms with Crippen molar-refractivity contribution in [3.63, 3.8) is 0 Å². The Bertz CT molecular complexity index is 545. The quantitative estimate of drug-likeness (QED) is 0.882. The van der Waals surface area contributed by atoms with Gasteiger partial charge in [0, 0.05) is 19.2 Å². The summed E-state index contributed by atoms with van der Waals surface area (Å²) in [6.45, 7) is 6.31. The number of carbonyl (C=O) groups excluding carboxylic acids is 1. The molecular formula is C14H21N3O4. The van der Waals surface area contributed by atoms with Crippen LogP contribution in [0.2, 0.25) is 0 Å². The van der Waals surface area contributed by atoms with Gasteiger partial charge in [-0.05, 0) is 27.2 Å². The van der Waals surface area contributed by atoms with Crippen LogP contribution in [-0.4, -0.2) is 32.3 Å². The monoisotopic (exact) mass is 295 g/mol. The highest BCUT2D eigenvalue weighted by atomic mass is 16.6. The van der Waals surface area contributed by atoms with Gasteiger partial charge in [-0.15, -0.1) is 0 Å². The van der Waals surface area contributed by atoms with Crippen LogP contribution in [0.1, 0.15) is 38.7 Å². The minimum atomic E-state index is -0.780. The maximum atomic E-state index is 11.6. The van der Waals surface area contributed by atoms with Gasteiger partial charge in [-0.1, -0.05) is 0 Å². The molecule has 0 aromatic carbocycles. The van der Waals surface area contributed by atoms with Gasteiger partial charge in [0.15, 0.2) is 0 Å². The van der Waals surface area contributed by atoms with Crippen molar-refractivity contribution >= 4 is 12.1 Å². The lowest BCUT2D eigenvalue weighted by Gasteiger charge is -2.19. The van der Waals surface area contributed by atoms with Gasteiger partial charge in [0.05, 0.1) is 18.2 Å². The number of aliphatic carboxylic acids is 1. The van der Waals surface area contributed by atoms with Gasteiger partial charge in [0.1, 0.15) is 11.4 Å². The Morgan fingerprint density at radius 3 is 2.86 bits per heavy atom. The lowest BCUT2D eigenvalue weighted by Crippen LogP contribution is -2.32. The molecule has 0 aliphatic carbocycles. The molecule has 2 heterocycles. The highest BCUT2D eigenvalue weighted by molar-refractivity contribution is 5.70. The van der Waals surface area contributed by atoms with Gasteiger partial charge in [-0.25, -0.2) is 9.78 Å². The van der Waals surface area contributed by atoms with Crippen molar-refractivity contribution in [3.05, 3.63) is 17.7 Å². The number of fused-ring (bicyclic) bond motifs is 1. The zero-order valence-electron chi connectivity index (χ0n) is 12.5. The summed E-state index contributed by atoms with van der Waals surface area (Å²) in [4.78, 5) is 27.0. The fourth-order valence-corrected chi connectivity index (χ4v) is 2.26. The molecule has 0 spiro atoms. The van der Waals surface area contributed by atoms with E-state index in [1.165, 1.54) is 0 Å². The molecule has 7 heteroatoms. The molecule has 116 valence electrons. The Kier molecular flexibility index (Phi) is 4.20. The fourth-order valence-electron chi connectivity index (χ4n) is 2.26. The first-order chi connectivity index (χ1) is 9.74. The van der Waals surface area contributed by atoms with Gasteiger partial charge < -0.3 is 19.7 Å². The summed E-state index contributed by atoms with van der Waals surface area (Å²) in [6, 6.07) is 0. The van der Waals surface area contributed by atoms with E-state index < -0.39 is 17.7 Å². The maximum Gasteiger partial charge on any atom is 0.407 e. The molecule has 1 aliphatic rings. The normalized spacial score (nSPS) is 18.0. The highest BCUT2D eigenvalue weighted by Crippen LogP contribution is 2.20. The van der Waals surface area contributed by atoms with E-state index in [0.717, 1.165) is 5.82 Å². The van der Waals surface area contributed by atoms with Crippen molar-refractivity contribution in [2.24, 2.45) is 5.92 Å². The van der Waals surface area contributed by atoms with E-state index in [9.17, 15) is 9.59 Å². The molecule has 2 rings (SSSR count). The van der Waals surface area contributed by atoms with Crippen molar-refractivity contribution in [1.82, 2.24) is 14.9 Å². The number of aromatic nitrogens is 2. The molecule has 0 radical (unpaired) electrons. The van der Waals surface area contributed by atoms with E-state index in [0.29, 0.717) is 25.1 Å². The van der Waals surface area contributed by atoms with E-state index in [2.05, 4.69) is 10.3 Å². The molecule has 1 aromatic heterocycles. The first kappa shape index (κ1) is 15.3. The summed E-state index contributed by atoms with van der Waals surface area (Å²) >= 11 is 0. The average Bonchev–Trinajstić information content (AvgIpc) is 2.75. The molecule has 0 saturated carbocycles. The smallest absolute Gasteiger partial charge is 0.407 e. The Balaban J connectivity index is 1.92. The Morgan fingerprint density at radius 2 is 2.24 bits per heavy atom. The average molecular weight is 295 g/mol. The third-order valence-corrected chi connectivity index (χ3v) is 3.22. The van der Waals surface area contributed by atoms with Crippen LogP contribution in [0.15, 0.2) is 6.20 Å². The minimum Gasteiger partial charge on any atom is -0.481 e. The van der Waals surface area contributed by atoms with Crippen LogP contribution in [0.5, 0.6) is 0 Å². The standard InChI is InChI=1S/C14H21N3O4/c1-14(2,3)21-13(20)15-7-10-8-17-5-4-9(12(18)19)6-11(17)16-10/h8-9H,4-7H2,1-3H3,(H,15,20)(H,18,19). The van der Waals surface area contributed by atoms with Gasteiger partial charge in [-0.3, -0.25) is 4.79 Å². The third kappa shape index (κ3) is 4.21. The summed E-state index contributed by atoms with van der Waals surface area (Å²) in [5, 5.41) is 11.7. The Labute approximate surface area is 123 Å². The second kappa shape index (κ2) is 5.75. The van der Waals surface area contributed by atoms with Crippen LogP contribution in [0.4, 0.5) is 4.79 Å². The highest BCUT2D eigenvalue weighted by Gasteiger charge is 2.26. The summed E-state index contributed by atoms with van der Waals surface area (Å²) < 4.78 is 7.10. The number of nitrogens with zero attached hydrogens (tertiary/aromatic N) is 2. The van der Waals surface area contributed by atoms with Crippen LogP contribution >= 0.6 is 0 Å². The molecule has 0 saturated heterocycles. The van der Waals surface area contributed by atoms with Crippen molar-refractivity contribution in [3.8, 4) is 0 Å². The number of nitrogens with one attached hydrogen (secondary N) is 1. The lowest BCUT2D eigenvalue weighted by atomic mass is 9.98. The number of alkyl carbamates (subject to hydrolysis) is 1. The Hall–Kier alpha value is -2.05. The van der Waals surface area contributed by atoms with E-state index in [-0.39, 0.29) is 12.5 Å². The molecule has 1 unspecified atom stereocenters. The second-order valence-electron chi connectivity index (χ2n) is 6.23. The predicted octanol–water partition coefficient (Wildman–Crippen LogP) is 1.55. The van der Waals surface area contributed by atoms with Gasteiger partial charge in [-0.2, -0.15) is 0 Å². The van der Waals surface area contributed by atoms with Gasteiger partial charge in [0.25, 0.3) is 0 Å². The molecule has 1 aliphatic heterocycles. The molecule has 2 N–H and O–H groups in total. The maximum absolute atomic E-state index is 11.6. The number of amides is 1. The van der Waals surface area contributed by atoms with E-state index in [1.807, 2.05) is 10.8 Å². The van der Waals surface area contributed by atoms with Crippen LogP contribution in [0, 0.1) is 5.92 Å². The molecule has 7 nitrogen and oxygen atoms in total. The summed E-state index contributed by atoms with van der Waals surface area (Å²) in [7, 11) is 0. The number of hydrogen-bond acceptors (Lipinski definition) is 4. The summed E-state index contributed by atoms with van der Waals surface area (Å²) in [5.74, 6) is -0.390. The number of imidazole rings is 1. The van der Waals surface area contributed by atoms with Crippen molar-refractivity contribution in [2.75, 3.05) is 0 Å². The minimum absolute atomic E-state index is 0.270. The summed E-state index contributed by atoms with van der Waals surface area (Å²) in [5.41, 5.74) is 0.175. The van der Waals surface area contributed by atoms with Crippen LogP contribution in [0.3, 0.4) is 0 Å². The van der Waals surface area contributed by atoms with Crippen molar-refractivity contribution in [1.29, 1.82) is 0 Å². The number of hydrogen-bond donors (Lipinski definition) is 2. The van der Waals surface area contributed by atoms with E-state index >= 15 is 0 Å². The zero-order valence-corrected chi connectivity index (χ0v) is 12.5. The lowest BCUT2D eigenvalue weighted by molar-refractivity contribution is -0.142. The van der Waals surface area contributed by atoms with Crippen LogP contribution in [0.25, 0.3) is 0 Å². The number of carbonyl (C=O) groups is 2. The fraction of sp³-hybridized carbons (Fsp3) is 0.643. The predicted molar refractivity (Wildman–Crippen MR) is 74.7 cm³/mol. The molecule has 21 heavy (non-hydrogen) atoms. The first-order valence-corrected chi connectivity index (χ1v) is 6.99. The molecule has 0 bridgehead atoms. The second-order valence-corrected chi connectivity index (χ2v) is 6.23. The zero-order chi connectivity index (χ0) is 15.6. The molecule has 1 atom stereocenters. The largest absolute Gasteiger partial charge is 0.481 e. The van der Waals surface area contributed by atoms with Crippen molar-refractivity contribution < 1.29 is 19.4 Å². The number of rotatable bonds is 3. The topological polar surface area (TPSA) is 93.5 Å². The molecule has 1 aromatic rings. The number of carboxylic acid groups (broad SMARTS) is 1. The molecular weight excluding hydrogens is 274 g/mol. The van der Waals surface area contributed by atoms with E-state index in [1.54, 1.807) is 20.8 Å². The van der Waals surface area contributed by atoms with Gasteiger partial charge in [0.2, 0.25) is 0 Å². The van der Waals surface area contributed by atoms with Crippen molar-refractivity contribution in [2.45, 2.75) is 52.3 Å². The van der Waals surface area contributed by atoms with Crippen LogP contribution in [-0.2, 0) is 29.0 Å². The van der Waals surface area contributed by atoms with Crippen LogP contribution < -0.4 is 5.32 Å². The van der Waals surface area contributed by atoms with Gasteiger partial charge >= 0.3 is 12.1 Å². The first-order valence-electron chi connectivity index (χ1n) is 6.99. The number of carboxylic acids is 1. The summed E-state index contributed by atoms with van der Waals surface area (Å²) in [6.07, 6.45) is 2.40. The number of ether oxygens (including phenoxy) is 1. The van der Waals surface area contributed by atoms with E-state index in [4.69, 9.17) is 9.84 Å². The molecule has 1 amide bonds.